The summed E-state index contributed by atoms with van der Waals surface area (Å²) in [5.41, 5.74) is 1.03. The fraction of sp³-hybridized carbons (Fsp3) is 0.588. The summed E-state index contributed by atoms with van der Waals surface area (Å²) in [7, 11) is 2.03. The molecule has 2 aliphatic rings. The van der Waals surface area contributed by atoms with Gasteiger partial charge in [-0.3, -0.25) is 4.79 Å². The smallest absolute Gasteiger partial charge is 0.308 e. The van der Waals surface area contributed by atoms with Gasteiger partial charge >= 0.3 is 5.97 Å². The summed E-state index contributed by atoms with van der Waals surface area (Å²) in [5.74, 6) is 0.398. The SMILES string of the molecule is CCCCC1C(C(=O)O)C(c2ccc3c(c2)OCO3)CN1C. The molecule has 120 valence electrons. The first-order valence-corrected chi connectivity index (χ1v) is 7.94. The second kappa shape index (κ2) is 6.16. The summed E-state index contributed by atoms with van der Waals surface area (Å²) in [6, 6.07) is 5.91. The number of rotatable bonds is 5. The molecule has 3 atom stereocenters. The van der Waals surface area contributed by atoms with Crippen molar-refractivity contribution in [1.29, 1.82) is 0 Å². The molecule has 2 heterocycles. The molecule has 2 aliphatic heterocycles. The number of ether oxygens (including phenoxy) is 2. The monoisotopic (exact) mass is 305 g/mol. The van der Waals surface area contributed by atoms with Crippen LogP contribution >= 0.6 is 0 Å². The van der Waals surface area contributed by atoms with Crippen molar-refractivity contribution in [2.75, 3.05) is 20.4 Å². The normalized spacial score (nSPS) is 27.3. The minimum atomic E-state index is -0.701. The molecule has 1 aromatic carbocycles. The van der Waals surface area contributed by atoms with E-state index in [9.17, 15) is 9.90 Å². The molecule has 0 saturated carbocycles. The lowest BCUT2D eigenvalue weighted by Crippen LogP contribution is -2.33. The Hall–Kier alpha value is -1.75. The van der Waals surface area contributed by atoms with E-state index in [-0.39, 0.29) is 24.7 Å². The van der Waals surface area contributed by atoms with Crippen LogP contribution in [0, 0.1) is 5.92 Å². The molecule has 22 heavy (non-hydrogen) atoms. The highest BCUT2D eigenvalue weighted by Crippen LogP contribution is 2.42. The van der Waals surface area contributed by atoms with Gasteiger partial charge in [0.15, 0.2) is 11.5 Å². The predicted octanol–water partition coefficient (Wildman–Crippen LogP) is 2.70. The maximum atomic E-state index is 11.9. The average molecular weight is 305 g/mol. The van der Waals surface area contributed by atoms with Crippen molar-refractivity contribution in [3.05, 3.63) is 23.8 Å². The van der Waals surface area contributed by atoms with E-state index in [1.807, 2.05) is 25.2 Å². The Kier molecular flexibility index (Phi) is 4.25. The van der Waals surface area contributed by atoms with Gasteiger partial charge in [-0.1, -0.05) is 25.8 Å². The third-order valence-corrected chi connectivity index (χ3v) is 4.86. The molecule has 3 unspecified atom stereocenters. The maximum Gasteiger partial charge on any atom is 0.308 e. The molecule has 1 fully saturated rings. The lowest BCUT2D eigenvalue weighted by molar-refractivity contribution is -0.143. The van der Waals surface area contributed by atoms with E-state index in [2.05, 4.69) is 11.8 Å². The molecule has 0 aliphatic carbocycles. The number of benzene rings is 1. The van der Waals surface area contributed by atoms with Gasteiger partial charge in [0.1, 0.15) is 0 Å². The number of aliphatic carboxylic acids is 1. The molecular formula is C17H23NO4. The second-order valence-corrected chi connectivity index (χ2v) is 6.23. The zero-order chi connectivity index (χ0) is 15.7. The topological polar surface area (TPSA) is 59.0 Å². The van der Waals surface area contributed by atoms with Gasteiger partial charge in [-0.15, -0.1) is 0 Å². The predicted molar refractivity (Wildman–Crippen MR) is 82.4 cm³/mol. The standard InChI is InChI=1S/C17H23NO4/c1-3-4-5-13-16(17(19)20)12(9-18(13)2)11-6-7-14-15(8-11)22-10-21-14/h6-8,12-13,16H,3-5,9-10H2,1-2H3,(H,19,20). The van der Waals surface area contributed by atoms with Crippen LogP contribution in [0.5, 0.6) is 11.5 Å². The van der Waals surface area contributed by atoms with Crippen LogP contribution in [0.4, 0.5) is 0 Å². The van der Waals surface area contributed by atoms with Gasteiger partial charge in [0.2, 0.25) is 6.79 Å². The molecule has 0 amide bonds. The highest BCUT2D eigenvalue weighted by Gasteiger charge is 2.44. The summed E-state index contributed by atoms with van der Waals surface area (Å²) in [6.45, 7) is 3.15. The van der Waals surface area contributed by atoms with Crippen LogP contribution in [0.1, 0.15) is 37.7 Å². The molecule has 5 heteroatoms. The molecule has 1 N–H and O–H groups in total. The van der Waals surface area contributed by atoms with Crippen LogP contribution in [0.15, 0.2) is 18.2 Å². The maximum absolute atomic E-state index is 11.9. The van der Waals surface area contributed by atoms with Gasteiger partial charge in [0.05, 0.1) is 5.92 Å². The van der Waals surface area contributed by atoms with Gasteiger partial charge in [-0.2, -0.15) is 0 Å². The molecular weight excluding hydrogens is 282 g/mol. The van der Waals surface area contributed by atoms with Crippen LogP contribution in [0.2, 0.25) is 0 Å². The fourth-order valence-corrected chi connectivity index (χ4v) is 3.71. The molecule has 1 aromatic rings. The first-order valence-electron chi connectivity index (χ1n) is 7.94. The van der Waals surface area contributed by atoms with Crippen molar-refractivity contribution >= 4 is 5.97 Å². The number of likely N-dealkylation sites (tertiary alicyclic amines) is 1. The average Bonchev–Trinajstić information content (AvgIpc) is 3.08. The van der Waals surface area contributed by atoms with Crippen LogP contribution in [-0.2, 0) is 4.79 Å². The molecule has 3 rings (SSSR count). The quantitative estimate of drug-likeness (QED) is 0.906. The molecule has 0 bridgehead atoms. The minimum Gasteiger partial charge on any atom is -0.481 e. The van der Waals surface area contributed by atoms with Gasteiger partial charge in [0, 0.05) is 18.5 Å². The number of fused-ring (bicyclic) bond motifs is 1. The van der Waals surface area contributed by atoms with E-state index in [4.69, 9.17) is 9.47 Å². The zero-order valence-corrected chi connectivity index (χ0v) is 13.1. The lowest BCUT2D eigenvalue weighted by atomic mass is 9.83. The Morgan fingerprint density at radius 1 is 1.36 bits per heavy atom. The van der Waals surface area contributed by atoms with Crippen LogP contribution < -0.4 is 9.47 Å². The van der Waals surface area contributed by atoms with Gasteiger partial charge < -0.3 is 19.5 Å². The largest absolute Gasteiger partial charge is 0.481 e. The Labute approximate surface area is 130 Å². The van der Waals surface area contributed by atoms with Crippen LogP contribution in [0.25, 0.3) is 0 Å². The Morgan fingerprint density at radius 2 is 2.14 bits per heavy atom. The Morgan fingerprint density at radius 3 is 2.86 bits per heavy atom. The number of hydrogen-bond donors (Lipinski definition) is 1. The zero-order valence-electron chi connectivity index (χ0n) is 13.1. The second-order valence-electron chi connectivity index (χ2n) is 6.23. The van der Waals surface area contributed by atoms with E-state index in [1.54, 1.807) is 0 Å². The molecule has 1 saturated heterocycles. The molecule has 0 spiro atoms. The highest BCUT2D eigenvalue weighted by molar-refractivity contribution is 5.73. The van der Waals surface area contributed by atoms with Crippen molar-refractivity contribution < 1.29 is 19.4 Å². The number of unbranched alkanes of at least 4 members (excludes halogenated alkanes) is 1. The molecule has 0 aromatic heterocycles. The van der Waals surface area contributed by atoms with Crippen molar-refractivity contribution in [2.45, 2.75) is 38.1 Å². The minimum absolute atomic E-state index is 0.00106. The first-order chi connectivity index (χ1) is 10.6. The number of hydrogen-bond acceptors (Lipinski definition) is 4. The summed E-state index contributed by atoms with van der Waals surface area (Å²) in [4.78, 5) is 14.1. The number of carbonyl (C=O) groups is 1. The molecule has 5 nitrogen and oxygen atoms in total. The summed E-state index contributed by atoms with van der Waals surface area (Å²) >= 11 is 0. The highest BCUT2D eigenvalue weighted by atomic mass is 16.7. The summed E-state index contributed by atoms with van der Waals surface area (Å²) in [6.07, 6.45) is 3.09. The van der Waals surface area contributed by atoms with Crippen LogP contribution in [0.3, 0.4) is 0 Å². The third-order valence-electron chi connectivity index (χ3n) is 4.86. The fourth-order valence-electron chi connectivity index (χ4n) is 3.71. The first kappa shape index (κ1) is 15.2. The Balaban J connectivity index is 1.87. The summed E-state index contributed by atoms with van der Waals surface area (Å²) in [5, 5.41) is 9.74. The van der Waals surface area contributed by atoms with Gasteiger partial charge in [-0.25, -0.2) is 0 Å². The number of carboxylic acid groups (broad SMARTS) is 1. The van der Waals surface area contributed by atoms with Gasteiger partial charge in [-0.05, 0) is 31.2 Å². The van der Waals surface area contributed by atoms with Crippen LogP contribution in [-0.4, -0.2) is 42.4 Å². The van der Waals surface area contributed by atoms with E-state index in [0.717, 1.165) is 42.9 Å². The number of nitrogens with zero attached hydrogens (tertiary/aromatic N) is 1. The van der Waals surface area contributed by atoms with Gasteiger partial charge in [0.25, 0.3) is 0 Å². The number of likely N-dealkylation sites (N-methyl/N-ethyl adjacent to an activating group) is 1. The van der Waals surface area contributed by atoms with E-state index in [0.29, 0.717) is 0 Å². The van der Waals surface area contributed by atoms with Crippen molar-refractivity contribution in [3.8, 4) is 11.5 Å². The number of carboxylic acids is 1. The van der Waals surface area contributed by atoms with E-state index < -0.39 is 5.97 Å². The third kappa shape index (κ3) is 2.65. The van der Waals surface area contributed by atoms with Crippen molar-refractivity contribution in [3.63, 3.8) is 0 Å². The lowest BCUT2D eigenvalue weighted by Gasteiger charge is -2.23. The van der Waals surface area contributed by atoms with Crippen molar-refractivity contribution in [2.24, 2.45) is 5.92 Å². The van der Waals surface area contributed by atoms with E-state index in [1.165, 1.54) is 0 Å². The Bertz CT molecular complexity index is 560. The van der Waals surface area contributed by atoms with Crippen molar-refractivity contribution in [1.82, 2.24) is 4.90 Å². The molecule has 0 radical (unpaired) electrons. The van der Waals surface area contributed by atoms with E-state index >= 15 is 0 Å². The summed E-state index contributed by atoms with van der Waals surface area (Å²) < 4.78 is 10.8.